The maximum atomic E-state index is 13.6. The van der Waals surface area contributed by atoms with E-state index in [1.807, 2.05) is 0 Å². The SMILES string of the molecule is COc1ccc(-c2cc3c(n(-c4ccc(OC(F)(F)F)cc4)c2=O)NC(NCC(F)(F)F)N=C3)cc1. The minimum Gasteiger partial charge on any atom is -0.497 e. The van der Waals surface area contributed by atoms with Gasteiger partial charge in [-0.05, 0) is 48.0 Å². The molecule has 36 heavy (non-hydrogen) atoms. The smallest absolute Gasteiger partial charge is 0.497 e. The van der Waals surface area contributed by atoms with Crippen molar-refractivity contribution < 1.29 is 35.8 Å². The van der Waals surface area contributed by atoms with Crippen LogP contribution in [0, 0.1) is 0 Å². The van der Waals surface area contributed by atoms with Crippen molar-refractivity contribution in [1.82, 2.24) is 9.88 Å². The van der Waals surface area contributed by atoms with Crippen LogP contribution in [0.25, 0.3) is 16.8 Å². The van der Waals surface area contributed by atoms with E-state index < -0.39 is 36.7 Å². The summed E-state index contributed by atoms with van der Waals surface area (Å²) in [5.41, 5.74) is 0.697. The molecule has 2 N–H and O–H groups in total. The van der Waals surface area contributed by atoms with Gasteiger partial charge in [0.25, 0.3) is 5.56 Å². The van der Waals surface area contributed by atoms with Gasteiger partial charge in [0.1, 0.15) is 17.3 Å². The van der Waals surface area contributed by atoms with Crippen molar-refractivity contribution in [3.05, 3.63) is 70.5 Å². The number of hydrogen-bond acceptors (Lipinski definition) is 6. The summed E-state index contributed by atoms with van der Waals surface area (Å²) >= 11 is 0. The molecule has 4 rings (SSSR count). The summed E-state index contributed by atoms with van der Waals surface area (Å²) < 4.78 is 85.8. The van der Waals surface area contributed by atoms with Crippen LogP contribution in [0.2, 0.25) is 0 Å². The highest BCUT2D eigenvalue weighted by Crippen LogP contribution is 2.29. The van der Waals surface area contributed by atoms with Crippen LogP contribution >= 0.6 is 0 Å². The number of fused-ring (bicyclic) bond motifs is 1. The van der Waals surface area contributed by atoms with Crippen molar-refractivity contribution in [2.45, 2.75) is 18.8 Å². The Hall–Kier alpha value is -4.00. The summed E-state index contributed by atoms with van der Waals surface area (Å²) in [6.45, 7) is -1.34. The first-order valence-corrected chi connectivity index (χ1v) is 10.3. The van der Waals surface area contributed by atoms with Gasteiger partial charge in [0.15, 0.2) is 6.29 Å². The molecule has 1 aliphatic heterocycles. The number of nitrogens with one attached hydrogen (secondary N) is 2. The lowest BCUT2D eigenvalue weighted by molar-refractivity contribution is -0.274. The number of alkyl halides is 6. The standard InChI is InChI=1S/C23H18F6N4O3/c1-35-16-6-2-13(3-7-16)18-10-14-11-30-21(31-12-22(24,25)26)32-19(14)33(20(18)34)15-4-8-17(9-5-15)36-23(27,28)29/h2-11,21,31-32H,12H2,1H3. The highest BCUT2D eigenvalue weighted by molar-refractivity contribution is 5.91. The fourth-order valence-corrected chi connectivity index (χ4v) is 3.54. The van der Waals surface area contributed by atoms with Crippen LogP contribution in [0.4, 0.5) is 32.2 Å². The molecule has 1 aromatic heterocycles. The molecule has 0 fully saturated rings. The van der Waals surface area contributed by atoms with Gasteiger partial charge in [-0.25, -0.2) is 0 Å². The summed E-state index contributed by atoms with van der Waals surface area (Å²) in [5, 5.41) is 4.94. The van der Waals surface area contributed by atoms with Gasteiger partial charge in [0.2, 0.25) is 0 Å². The zero-order valence-electron chi connectivity index (χ0n) is 18.4. The average molecular weight is 512 g/mol. The van der Waals surface area contributed by atoms with Crippen LogP contribution in [0.3, 0.4) is 0 Å². The Morgan fingerprint density at radius 3 is 2.22 bits per heavy atom. The zero-order valence-corrected chi connectivity index (χ0v) is 18.4. The van der Waals surface area contributed by atoms with E-state index in [9.17, 15) is 31.1 Å². The number of anilines is 1. The number of aliphatic imine (C=N–C) groups is 1. The van der Waals surface area contributed by atoms with Crippen LogP contribution in [-0.2, 0) is 0 Å². The van der Waals surface area contributed by atoms with E-state index in [-0.39, 0.29) is 17.1 Å². The minimum absolute atomic E-state index is 0.108. The lowest BCUT2D eigenvalue weighted by Crippen LogP contribution is -2.43. The number of nitrogens with zero attached hydrogens (tertiary/aromatic N) is 2. The van der Waals surface area contributed by atoms with Crippen molar-refractivity contribution in [2.75, 3.05) is 19.0 Å². The van der Waals surface area contributed by atoms with Gasteiger partial charge in [-0.1, -0.05) is 12.1 Å². The van der Waals surface area contributed by atoms with Crippen molar-refractivity contribution >= 4 is 12.0 Å². The molecule has 0 saturated heterocycles. The van der Waals surface area contributed by atoms with Crippen molar-refractivity contribution in [2.24, 2.45) is 4.99 Å². The van der Waals surface area contributed by atoms with Gasteiger partial charge in [-0.3, -0.25) is 19.7 Å². The fourth-order valence-electron chi connectivity index (χ4n) is 3.54. The first kappa shape index (κ1) is 25.1. The monoisotopic (exact) mass is 512 g/mol. The molecule has 0 radical (unpaired) electrons. The van der Waals surface area contributed by atoms with Crippen molar-refractivity contribution in [1.29, 1.82) is 0 Å². The number of halogens is 6. The first-order valence-electron chi connectivity index (χ1n) is 10.3. The van der Waals surface area contributed by atoms with E-state index in [0.29, 0.717) is 16.9 Å². The van der Waals surface area contributed by atoms with Crippen LogP contribution in [-0.4, -0.2) is 43.3 Å². The molecule has 190 valence electrons. The maximum absolute atomic E-state index is 13.6. The van der Waals surface area contributed by atoms with E-state index in [4.69, 9.17) is 4.74 Å². The van der Waals surface area contributed by atoms with E-state index >= 15 is 0 Å². The molecule has 0 saturated carbocycles. The number of methoxy groups -OCH3 is 1. The van der Waals surface area contributed by atoms with E-state index in [2.05, 4.69) is 20.4 Å². The van der Waals surface area contributed by atoms with Crippen LogP contribution in [0.5, 0.6) is 11.5 Å². The third-order valence-electron chi connectivity index (χ3n) is 5.09. The van der Waals surface area contributed by atoms with Gasteiger partial charge >= 0.3 is 12.5 Å². The largest absolute Gasteiger partial charge is 0.573 e. The summed E-state index contributed by atoms with van der Waals surface area (Å²) in [6.07, 6.45) is -9.29. The third-order valence-corrected chi connectivity index (χ3v) is 5.09. The number of benzene rings is 2. The zero-order chi connectivity index (χ0) is 26.1. The molecular weight excluding hydrogens is 494 g/mol. The fraction of sp³-hybridized carbons (Fsp3) is 0.217. The number of hydrogen-bond donors (Lipinski definition) is 2. The predicted molar refractivity (Wildman–Crippen MR) is 120 cm³/mol. The molecule has 2 heterocycles. The molecule has 13 heteroatoms. The van der Waals surface area contributed by atoms with Crippen LogP contribution < -0.4 is 25.7 Å². The molecule has 0 aliphatic carbocycles. The second-order valence-electron chi connectivity index (χ2n) is 7.59. The maximum Gasteiger partial charge on any atom is 0.573 e. The molecule has 1 atom stereocenters. The number of pyridine rings is 1. The summed E-state index contributed by atoms with van der Waals surface area (Å²) in [7, 11) is 1.48. The Bertz CT molecular complexity index is 1320. The lowest BCUT2D eigenvalue weighted by atomic mass is 10.0. The van der Waals surface area contributed by atoms with Gasteiger partial charge in [-0.2, -0.15) is 13.2 Å². The number of aromatic nitrogens is 1. The highest BCUT2D eigenvalue weighted by atomic mass is 19.4. The molecular formula is C23H18F6N4O3. The Kier molecular flexibility index (Phi) is 6.67. The normalized spacial score (nSPS) is 15.2. The molecule has 0 amide bonds. The second kappa shape index (κ2) is 9.57. The number of ether oxygens (including phenoxy) is 2. The highest BCUT2D eigenvalue weighted by Gasteiger charge is 2.31. The molecule has 1 unspecified atom stereocenters. The van der Waals surface area contributed by atoms with Crippen molar-refractivity contribution in [3.63, 3.8) is 0 Å². The van der Waals surface area contributed by atoms with Gasteiger partial charge in [-0.15, -0.1) is 13.2 Å². The van der Waals surface area contributed by atoms with E-state index in [1.165, 1.54) is 31.5 Å². The van der Waals surface area contributed by atoms with Gasteiger partial charge in [0, 0.05) is 17.3 Å². The molecule has 3 aromatic rings. The molecule has 0 spiro atoms. The van der Waals surface area contributed by atoms with E-state index in [0.717, 1.165) is 16.7 Å². The number of rotatable bonds is 6. The third kappa shape index (κ3) is 5.79. The average Bonchev–Trinajstić information content (AvgIpc) is 2.82. The quantitative estimate of drug-likeness (QED) is 0.469. The molecule has 1 aliphatic rings. The Morgan fingerprint density at radius 1 is 1.00 bits per heavy atom. The van der Waals surface area contributed by atoms with Crippen molar-refractivity contribution in [3.8, 4) is 28.3 Å². The first-order chi connectivity index (χ1) is 16.9. The Balaban J connectivity index is 1.80. The van der Waals surface area contributed by atoms with Gasteiger partial charge in [0.05, 0.1) is 19.3 Å². The predicted octanol–water partition coefficient (Wildman–Crippen LogP) is 4.69. The Morgan fingerprint density at radius 2 is 1.64 bits per heavy atom. The second-order valence-corrected chi connectivity index (χ2v) is 7.59. The molecule has 2 aromatic carbocycles. The minimum atomic E-state index is -4.90. The summed E-state index contributed by atoms with van der Waals surface area (Å²) in [6, 6.07) is 12.6. The van der Waals surface area contributed by atoms with Crippen LogP contribution in [0.15, 0.2) is 64.4 Å². The molecule has 7 nitrogen and oxygen atoms in total. The lowest BCUT2D eigenvalue weighted by Gasteiger charge is -2.26. The van der Waals surface area contributed by atoms with E-state index in [1.54, 1.807) is 24.3 Å². The van der Waals surface area contributed by atoms with Gasteiger partial charge < -0.3 is 14.8 Å². The van der Waals surface area contributed by atoms with Crippen LogP contribution in [0.1, 0.15) is 5.56 Å². The summed E-state index contributed by atoms with van der Waals surface area (Å²) in [4.78, 5) is 17.6. The summed E-state index contributed by atoms with van der Waals surface area (Å²) in [5.74, 6) is 0.161. The topological polar surface area (TPSA) is 76.9 Å². The molecule has 0 bridgehead atoms. The Labute approximate surface area is 200 Å².